The smallest absolute Gasteiger partial charge is 0.261 e. The second-order valence-corrected chi connectivity index (χ2v) is 11.1. The molecule has 1 fully saturated rings. The van der Waals surface area contributed by atoms with Gasteiger partial charge in [-0.25, -0.2) is 9.97 Å². The number of nitrogens with one attached hydrogen (secondary N) is 1. The number of thiazole rings is 1. The van der Waals surface area contributed by atoms with Gasteiger partial charge in [0.15, 0.2) is 0 Å². The van der Waals surface area contributed by atoms with Crippen molar-refractivity contribution < 1.29 is 4.79 Å². The molecule has 1 amide bonds. The quantitative estimate of drug-likeness (QED) is 0.382. The normalized spacial score (nSPS) is 14.3. The molecule has 0 bridgehead atoms. The summed E-state index contributed by atoms with van der Waals surface area (Å²) in [5.74, 6) is -0.174. The van der Waals surface area contributed by atoms with Gasteiger partial charge in [-0.2, -0.15) is 0 Å². The number of aryl methyl sites for hydroxylation is 3. The van der Waals surface area contributed by atoms with Crippen LogP contribution in [-0.2, 0) is 17.9 Å². The van der Waals surface area contributed by atoms with Crippen LogP contribution in [0, 0.1) is 26.7 Å². The maximum Gasteiger partial charge on any atom is 0.261 e. The van der Waals surface area contributed by atoms with Crippen LogP contribution < -0.4 is 10.9 Å². The fraction of sp³-hybridized carbons (Fsp3) is 0.393. The molecule has 0 saturated carbocycles. The minimum Gasteiger partial charge on any atom is -0.379 e. The van der Waals surface area contributed by atoms with Crippen LogP contribution >= 0.6 is 11.3 Å². The molecule has 1 atom stereocenters. The molecular weight excluding hydrogens is 484 g/mol. The SMILES string of the molecule is Cc1nc(C)c(CNc2cc(-c3ccc4ncn(C[C@H](C)C(=O)N5CCCC5)c(=O)c4c3)cnc2C)s1. The molecule has 0 spiro atoms. The number of hydrogen-bond acceptors (Lipinski definition) is 7. The van der Waals surface area contributed by atoms with Crippen molar-refractivity contribution in [2.24, 2.45) is 5.92 Å². The van der Waals surface area contributed by atoms with E-state index in [9.17, 15) is 9.59 Å². The van der Waals surface area contributed by atoms with Gasteiger partial charge in [0.05, 0.1) is 51.8 Å². The third-order valence-corrected chi connectivity index (χ3v) is 8.07. The number of anilines is 1. The Balaban J connectivity index is 1.40. The lowest BCUT2D eigenvalue weighted by molar-refractivity contribution is -0.134. The summed E-state index contributed by atoms with van der Waals surface area (Å²) in [5, 5.41) is 5.09. The molecule has 4 aromatic rings. The van der Waals surface area contributed by atoms with E-state index in [4.69, 9.17) is 0 Å². The predicted octanol–water partition coefficient (Wildman–Crippen LogP) is 4.71. The van der Waals surface area contributed by atoms with Crippen molar-refractivity contribution in [3.63, 3.8) is 0 Å². The average Bonchev–Trinajstić information content (AvgIpc) is 3.54. The predicted molar refractivity (Wildman–Crippen MR) is 148 cm³/mol. The van der Waals surface area contributed by atoms with E-state index in [2.05, 4.69) is 26.3 Å². The van der Waals surface area contributed by atoms with E-state index in [0.717, 1.165) is 59.1 Å². The Morgan fingerprint density at radius 2 is 1.86 bits per heavy atom. The van der Waals surface area contributed by atoms with Crippen molar-refractivity contribution >= 4 is 33.8 Å². The number of hydrogen-bond donors (Lipinski definition) is 1. The van der Waals surface area contributed by atoms with Crippen LogP contribution in [0.3, 0.4) is 0 Å². The average molecular weight is 517 g/mol. The lowest BCUT2D eigenvalue weighted by atomic mass is 10.0. The number of rotatable bonds is 7. The molecule has 1 aromatic carbocycles. The highest BCUT2D eigenvalue weighted by Gasteiger charge is 2.24. The minimum atomic E-state index is -0.279. The van der Waals surface area contributed by atoms with Gasteiger partial charge in [-0.3, -0.25) is 19.1 Å². The fourth-order valence-electron chi connectivity index (χ4n) is 4.87. The summed E-state index contributed by atoms with van der Waals surface area (Å²) in [5.41, 5.74) is 5.21. The zero-order valence-corrected chi connectivity index (χ0v) is 22.6. The summed E-state index contributed by atoms with van der Waals surface area (Å²) in [6, 6.07) is 7.77. The number of benzene rings is 1. The Morgan fingerprint density at radius 1 is 1.08 bits per heavy atom. The van der Waals surface area contributed by atoms with E-state index in [0.29, 0.717) is 24.0 Å². The summed E-state index contributed by atoms with van der Waals surface area (Å²) >= 11 is 1.70. The molecule has 9 heteroatoms. The Hall–Kier alpha value is -3.59. The van der Waals surface area contributed by atoms with Crippen molar-refractivity contribution in [1.29, 1.82) is 0 Å². The van der Waals surface area contributed by atoms with Crippen molar-refractivity contribution in [3.05, 3.63) is 68.4 Å². The number of aromatic nitrogens is 4. The highest BCUT2D eigenvalue weighted by atomic mass is 32.1. The van der Waals surface area contributed by atoms with Gasteiger partial charge >= 0.3 is 0 Å². The summed E-state index contributed by atoms with van der Waals surface area (Å²) in [6.45, 7) is 10.5. The van der Waals surface area contributed by atoms with E-state index in [1.165, 1.54) is 4.88 Å². The number of pyridine rings is 1. The Bertz CT molecular complexity index is 1520. The van der Waals surface area contributed by atoms with E-state index in [1.54, 1.807) is 22.2 Å². The molecule has 1 saturated heterocycles. The van der Waals surface area contributed by atoms with Gasteiger partial charge in [0.2, 0.25) is 5.91 Å². The van der Waals surface area contributed by atoms with Crippen molar-refractivity contribution in [2.75, 3.05) is 18.4 Å². The maximum absolute atomic E-state index is 13.4. The van der Waals surface area contributed by atoms with Crippen LogP contribution in [0.4, 0.5) is 5.69 Å². The van der Waals surface area contributed by atoms with Crippen LogP contribution in [-0.4, -0.2) is 43.4 Å². The molecule has 1 aliphatic heterocycles. The largest absolute Gasteiger partial charge is 0.379 e. The molecule has 5 rings (SSSR count). The monoisotopic (exact) mass is 516 g/mol. The third-order valence-electron chi connectivity index (χ3n) is 6.99. The zero-order valence-electron chi connectivity index (χ0n) is 21.7. The first kappa shape index (κ1) is 25.1. The first-order chi connectivity index (χ1) is 17.8. The number of amides is 1. The lowest BCUT2D eigenvalue weighted by Crippen LogP contribution is -2.36. The number of likely N-dealkylation sites (tertiary alicyclic amines) is 1. The van der Waals surface area contributed by atoms with Crippen LogP contribution in [0.5, 0.6) is 0 Å². The third kappa shape index (κ3) is 5.27. The molecule has 3 aromatic heterocycles. The molecule has 0 aliphatic carbocycles. The highest BCUT2D eigenvalue weighted by molar-refractivity contribution is 7.11. The van der Waals surface area contributed by atoms with E-state index in [-0.39, 0.29) is 17.4 Å². The summed E-state index contributed by atoms with van der Waals surface area (Å²) in [6.07, 6.45) is 5.48. The molecule has 37 heavy (non-hydrogen) atoms. The van der Waals surface area contributed by atoms with Gasteiger partial charge in [-0.1, -0.05) is 13.0 Å². The van der Waals surface area contributed by atoms with Gasteiger partial charge in [0.25, 0.3) is 5.56 Å². The molecule has 1 aliphatic rings. The Labute approximate surface area is 220 Å². The maximum atomic E-state index is 13.4. The van der Waals surface area contributed by atoms with Gasteiger partial charge < -0.3 is 10.2 Å². The van der Waals surface area contributed by atoms with E-state index in [1.807, 2.05) is 57.0 Å². The molecule has 1 N–H and O–H groups in total. The van der Waals surface area contributed by atoms with Crippen molar-refractivity contribution in [3.8, 4) is 11.1 Å². The molecule has 0 unspecified atom stereocenters. The fourth-order valence-corrected chi connectivity index (χ4v) is 5.75. The number of fused-ring (bicyclic) bond motifs is 1. The second kappa shape index (κ2) is 10.4. The van der Waals surface area contributed by atoms with Gasteiger partial charge in [0.1, 0.15) is 0 Å². The van der Waals surface area contributed by atoms with Crippen LogP contribution in [0.25, 0.3) is 22.0 Å². The molecule has 192 valence electrons. The highest BCUT2D eigenvalue weighted by Crippen LogP contribution is 2.27. The Kier molecular flexibility index (Phi) is 7.06. The topological polar surface area (TPSA) is 93.0 Å². The van der Waals surface area contributed by atoms with Gasteiger partial charge in [-0.15, -0.1) is 11.3 Å². The van der Waals surface area contributed by atoms with Crippen molar-refractivity contribution in [1.82, 2.24) is 24.4 Å². The van der Waals surface area contributed by atoms with Gasteiger partial charge in [-0.05, 0) is 57.4 Å². The number of nitrogens with zero attached hydrogens (tertiary/aromatic N) is 5. The molecule has 8 nitrogen and oxygen atoms in total. The summed E-state index contributed by atoms with van der Waals surface area (Å²) in [4.78, 5) is 42.8. The molecule has 4 heterocycles. The molecular formula is C28H32N6O2S. The van der Waals surface area contributed by atoms with E-state index >= 15 is 0 Å². The zero-order chi connectivity index (χ0) is 26.1. The number of carbonyl (C=O) groups is 1. The van der Waals surface area contributed by atoms with Crippen LogP contribution in [0.2, 0.25) is 0 Å². The van der Waals surface area contributed by atoms with E-state index < -0.39 is 0 Å². The lowest BCUT2D eigenvalue weighted by Gasteiger charge is -2.20. The van der Waals surface area contributed by atoms with Gasteiger partial charge in [0, 0.05) is 36.3 Å². The standard InChI is InChI=1S/C28H32N6O2S/c1-17(27(35)33-9-5-6-10-33)15-34-16-31-24-8-7-21(11-23(24)28(34)36)22-12-25(18(2)29-13-22)30-14-26-19(3)32-20(4)37-26/h7-8,11-13,16-17,30H,5-6,9-10,14-15H2,1-4H3/t17-/m0/s1. The minimum absolute atomic E-state index is 0.104. The summed E-state index contributed by atoms with van der Waals surface area (Å²) in [7, 11) is 0. The first-order valence-electron chi connectivity index (χ1n) is 12.7. The van der Waals surface area contributed by atoms with Crippen molar-refractivity contribution in [2.45, 2.75) is 53.6 Å². The Morgan fingerprint density at radius 3 is 2.59 bits per heavy atom. The van der Waals surface area contributed by atoms with Crippen LogP contribution in [0.15, 0.2) is 41.6 Å². The van der Waals surface area contributed by atoms with Crippen LogP contribution in [0.1, 0.15) is 41.0 Å². The summed E-state index contributed by atoms with van der Waals surface area (Å²) < 4.78 is 1.56. The molecule has 0 radical (unpaired) electrons. The number of carbonyl (C=O) groups excluding carboxylic acids is 1. The second-order valence-electron chi connectivity index (χ2n) is 9.82. The first-order valence-corrected chi connectivity index (χ1v) is 13.5.